The number of hydrogen-bond donors (Lipinski definition) is 1. The molecule has 0 radical (unpaired) electrons. The van der Waals surface area contributed by atoms with Crippen LogP contribution in [0, 0.1) is 0 Å². The van der Waals surface area contributed by atoms with Crippen molar-refractivity contribution >= 4 is 0 Å². The summed E-state index contributed by atoms with van der Waals surface area (Å²) < 4.78 is 7.65. The molecule has 2 aromatic rings. The van der Waals surface area contributed by atoms with Crippen molar-refractivity contribution in [2.24, 2.45) is 0 Å². The third kappa shape index (κ3) is 1.38. The zero-order valence-electron chi connectivity index (χ0n) is 9.31. The van der Waals surface area contributed by atoms with E-state index in [0.29, 0.717) is 0 Å². The minimum Gasteiger partial charge on any atom is -0.469 e. The number of nitrogens with zero attached hydrogens (tertiary/aromatic N) is 2. The van der Waals surface area contributed by atoms with E-state index in [1.165, 1.54) is 5.56 Å². The first-order chi connectivity index (χ1) is 7.90. The number of hydrogen-bond acceptors (Lipinski definition) is 3. The van der Waals surface area contributed by atoms with Crippen molar-refractivity contribution in [3.63, 3.8) is 0 Å². The van der Waals surface area contributed by atoms with Gasteiger partial charge >= 0.3 is 0 Å². The van der Waals surface area contributed by atoms with E-state index in [1.54, 1.807) is 6.26 Å². The highest BCUT2D eigenvalue weighted by atomic mass is 16.3. The molecule has 4 nitrogen and oxygen atoms in total. The van der Waals surface area contributed by atoms with Crippen LogP contribution >= 0.6 is 0 Å². The predicted molar refractivity (Wildman–Crippen MR) is 60.2 cm³/mol. The van der Waals surface area contributed by atoms with Gasteiger partial charge in [0.2, 0.25) is 0 Å². The lowest BCUT2D eigenvalue weighted by Crippen LogP contribution is -2.31. The number of nitrogens with one attached hydrogen (secondary N) is 1. The normalized spacial score (nSPS) is 19.7. The topological polar surface area (TPSA) is 43.0 Å². The maximum absolute atomic E-state index is 5.48. The minimum atomic E-state index is 0.178. The number of aromatic nitrogens is 2. The van der Waals surface area contributed by atoms with E-state index < -0.39 is 0 Å². The number of rotatable bonds is 2. The fourth-order valence-electron chi connectivity index (χ4n) is 2.33. The second-order valence-electron chi connectivity index (χ2n) is 4.01. The van der Waals surface area contributed by atoms with Gasteiger partial charge in [0.25, 0.3) is 0 Å². The Morgan fingerprint density at radius 1 is 1.62 bits per heavy atom. The Bertz CT molecular complexity index is 486. The third-order valence-electron chi connectivity index (χ3n) is 3.14. The van der Waals surface area contributed by atoms with Gasteiger partial charge < -0.3 is 14.3 Å². The summed E-state index contributed by atoms with van der Waals surface area (Å²) >= 11 is 0. The Hall–Kier alpha value is -1.55. The summed E-state index contributed by atoms with van der Waals surface area (Å²) in [5.41, 5.74) is 1.23. The van der Waals surface area contributed by atoms with Gasteiger partial charge in [-0.2, -0.15) is 0 Å². The summed E-state index contributed by atoms with van der Waals surface area (Å²) in [7, 11) is 0. The summed E-state index contributed by atoms with van der Waals surface area (Å²) in [5.74, 6) is 2.17. The number of fused-ring (bicyclic) bond motifs is 1. The molecule has 0 bridgehead atoms. The first-order valence-electron chi connectivity index (χ1n) is 5.71. The molecule has 0 spiro atoms. The number of aryl methyl sites for hydroxylation is 1. The van der Waals surface area contributed by atoms with E-state index in [1.807, 2.05) is 18.5 Å². The molecule has 0 aromatic carbocycles. The van der Waals surface area contributed by atoms with Crippen molar-refractivity contribution in [2.75, 3.05) is 6.54 Å². The molecule has 1 N–H and O–H groups in total. The van der Waals surface area contributed by atoms with Gasteiger partial charge in [0.15, 0.2) is 0 Å². The molecule has 0 saturated carbocycles. The maximum atomic E-state index is 5.48. The second kappa shape index (κ2) is 3.79. The highest BCUT2D eigenvalue weighted by Gasteiger charge is 2.26. The molecule has 16 heavy (non-hydrogen) atoms. The van der Waals surface area contributed by atoms with Crippen LogP contribution in [0.15, 0.2) is 29.1 Å². The van der Waals surface area contributed by atoms with Gasteiger partial charge in [0.05, 0.1) is 12.3 Å². The lowest BCUT2D eigenvalue weighted by atomic mass is 10.0. The Balaban J connectivity index is 2.04. The zero-order chi connectivity index (χ0) is 11.0. The van der Waals surface area contributed by atoms with E-state index >= 15 is 0 Å². The SMILES string of the molecule is CCn1ccnc1C1NCCc2occc21. The van der Waals surface area contributed by atoms with Gasteiger partial charge in [-0.1, -0.05) is 0 Å². The Morgan fingerprint density at radius 2 is 2.56 bits per heavy atom. The molecular weight excluding hydrogens is 202 g/mol. The van der Waals surface area contributed by atoms with Crippen molar-refractivity contribution in [3.8, 4) is 0 Å². The molecule has 84 valence electrons. The fourth-order valence-corrected chi connectivity index (χ4v) is 2.33. The Morgan fingerprint density at radius 3 is 3.44 bits per heavy atom. The third-order valence-corrected chi connectivity index (χ3v) is 3.14. The highest BCUT2D eigenvalue weighted by molar-refractivity contribution is 5.30. The Labute approximate surface area is 94.3 Å². The summed E-state index contributed by atoms with van der Waals surface area (Å²) in [6, 6.07) is 2.22. The molecule has 4 heteroatoms. The van der Waals surface area contributed by atoms with Crippen LogP contribution in [0.1, 0.15) is 30.1 Å². The van der Waals surface area contributed by atoms with Crippen LogP contribution in [0.5, 0.6) is 0 Å². The van der Waals surface area contributed by atoms with Crippen LogP contribution in [0.2, 0.25) is 0 Å². The van der Waals surface area contributed by atoms with Crippen molar-refractivity contribution in [2.45, 2.75) is 25.9 Å². The number of imidazole rings is 1. The van der Waals surface area contributed by atoms with Gasteiger partial charge in [-0.25, -0.2) is 4.98 Å². The molecule has 1 aliphatic rings. The smallest absolute Gasteiger partial charge is 0.130 e. The van der Waals surface area contributed by atoms with Crippen LogP contribution in [0.25, 0.3) is 0 Å². The van der Waals surface area contributed by atoms with E-state index in [2.05, 4.69) is 21.8 Å². The molecule has 1 unspecified atom stereocenters. The quantitative estimate of drug-likeness (QED) is 0.833. The molecule has 2 aromatic heterocycles. The molecular formula is C12H15N3O. The van der Waals surface area contributed by atoms with Crippen LogP contribution in [0.4, 0.5) is 0 Å². The van der Waals surface area contributed by atoms with Crippen LogP contribution in [-0.4, -0.2) is 16.1 Å². The monoisotopic (exact) mass is 217 g/mol. The first kappa shape index (κ1) is 9.66. The van der Waals surface area contributed by atoms with Gasteiger partial charge in [0, 0.05) is 37.5 Å². The predicted octanol–water partition coefficient (Wildman–Crippen LogP) is 1.73. The van der Waals surface area contributed by atoms with Crippen molar-refractivity contribution in [1.82, 2.24) is 14.9 Å². The highest BCUT2D eigenvalue weighted by Crippen LogP contribution is 2.28. The lowest BCUT2D eigenvalue weighted by molar-refractivity contribution is 0.443. The molecule has 3 heterocycles. The average molecular weight is 217 g/mol. The van der Waals surface area contributed by atoms with E-state index in [0.717, 1.165) is 31.1 Å². The molecule has 0 saturated heterocycles. The van der Waals surface area contributed by atoms with Gasteiger partial charge in [-0.3, -0.25) is 0 Å². The maximum Gasteiger partial charge on any atom is 0.130 e. The average Bonchev–Trinajstić information content (AvgIpc) is 2.96. The van der Waals surface area contributed by atoms with Gasteiger partial charge in [0.1, 0.15) is 11.6 Å². The molecule has 3 rings (SSSR count). The molecule has 1 atom stereocenters. The summed E-state index contributed by atoms with van der Waals surface area (Å²) in [6.07, 6.45) is 6.61. The van der Waals surface area contributed by atoms with Crippen molar-refractivity contribution in [1.29, 1.82) is 0 Å². The molecule has 0 aliphatic carbocycles. The molecule has 0 amide bonds. The molecule has 0 fully saturated rings. The largest absolute Gasteiger partial charge is 0.469 e. The standard InChI is InChI=1S/C12H15N3O/c1-2-15-7-6-14-12(15)11-9-4-8-16-10(9)3-5-13-11/h4,6-8,11,13H,2-3,5H2,1H3. The first-order valence-corrected chi connectivity index (χ1v) is 5.71. The van der Waals surface area contributed by atoms with Crippen molar-refractivity contribution < 1.29 is 4.42 Å². The van der Waals surface area contributed by atoms with E-state index in [-0.39, 0.29) is 6.04 Å². The van der Waals surface area contributed by atoms with E-state index in [9.17, 15) is 0 Å². The summed E-state index contributed by atoms with van der Waals surface area (Å²) in [6.45, 7) is 4.02. The summed E-state index contributed by atoms with van der Waals surface area (Å²) in [4.78, 5) is 4.45. The van der Waals surface area contributed by atoms with Crippen molar-refractivity contribution in [3.05, 3.63) is 41.9 Å². The minimum absolute atomic E-state index is 0.178. The molecule has 1 aliphatic heterocycles. The number of furan rings is 1. The van der Waals surface area contributed by atoms with E-state index in [4.69, 9.17) is 4.42 Å². The fraction of sp³-hybridized carbons (Fsp3) is 0.417. The summed E-state index contributed by atoms with van der Waals surface area (Å²) in [5, 5.41) is 3.50. The zero-order valence-corrected chi connectivity index (χ0v) is 9.31. The van der Waals surface area contributed by atoms with Crippen LogP contribution in [-0.2, 0) is 13.0 Å². The second-order valence-corrected chi connectivity index (χ2v) is 4.01. The van der Waals surface area contributed by atoms with Crippen LogP contribution in [0.3, 0.4) is 0 Å². The Kier molecular flexibility index (Phi) is 2.29. The van der Waals surface area contributed by atoms with Gasteiger partial charge in [-0.05, 0) is 13.0 Å². The van der Waals surface area contributed by atoms with Gasteiger partial charge in [-0.15, -0.1) is 0 Å². The lowest BCUT2D eigenvalue weighted by Gasteiger charge is -2.23. The van der Waals surface area contributed by atoms with Crippen LogP contribution < -0.4 is 5.32 Å².